The normalized spacial score (nSPS) is 10.8. The van der Waals surface area contributed by atoms with Gasteiger partial charge < -0.3 is 9.84 Å². The molecule has 2 aromatic heterocycles. The maximum atomic E-state index is 11.0. The standard InChI is InChI=1S/C16H15N3O3/c1-3-22-14-5-4-10(2)6-12(14)13-7-15-17-8-11(16(20)21)9-19(15)18-13/h4-9H,3H2,1-2H3,(H,20,21). The molecule has 0 atom stereocenters. The highest BCUT2D eigenvalue weighted by molar-refractivity contribution is 5.87. The van der Waals surface area contributed by atoms with E-state index in [0.29, 0.717) is 17.9 Å². The summed E-state index contributed by atoms with van der Waals surface area (Å²) in [4.78, 5) is 15.1. The molecular formula is C16H15N3O3. The van der Waals surface area contributed by atoms with E-state index >= 15 is 0 Å². The van der Waals surface area contributed by atoms with E-state index < -0.39 is 5.97 Å². The molecule has 3 aromatic rings. The predicted molar refractivity (Wildman–Crippen MR) is 81.3 cm³/mol. The van der Waals surface area contributed by atoms with Crippen molar-refractivity contribution in [2.24, 2.45) is 0 Å². The highest BCUT2D eigenvalue weighted by Gasteiger charge is 2.13. The van der Waals surface area contributed by atoms with Crippen LogP contribution in [-0.2, 0) is 0 Å². The van der Waals surface area contributed by atoms with E-state index in [4.69, 9.17) is 9.84 Å². The molecule has 0 bridgehead atoms. The average molecular weight is 297 g/mol. The minimum absolute atomic E-state index is 0.0939. The van der Waals surface area contributed by atoms with Gasteiger partial charge in [-0.1, -0.05) is 11.6 Å². The monoisotopic (exact) mass is 297 g/mol. The van der Waals surface area contributed by atoms with Crippen LogP contribution >= 0.6 is 0 Å². The summed E-state index contributed by atoms with van der Waals surface area (Å²) in [5.74, 6) is -0.285. The van der Waals surface area contributed by atoms with E-state index in [-0.39, 0.29) is 5.56 Å². The molecule has 3 rings (SSSR count). The number of rotatable bonds is 4. The molecule has 0 aliphatic heterocycles. The molecule has 0 saturated carbocycles. The number of aromatic nitrogens is 3. The lowest BCUT2D eigenvalue weighted by molar-refractivity contribution is 0.0695. The molecule has 0 aliphatic rings. The molecule has 0 spiro atoms. The summed E-state index contributed by atoms with van der Waals surface area (Å²) in [5, 5.41) is 13.4. The predicted octanol–water partition coefficient (Wildman–Crippen LogP) is 2.80. The van der Waals surface area contributed by atoms with Gasteiger partial charge in [-0.25, -0.2) is 14.3 Å². The topological polar surface area (TPSA) is 76.7 Å². The zero-order valence-electron chi connectivity index (χ0n) is 12.3. The first kappa shape index (κ1) is 14.1. The number of ether oxygens (including phenoxy) is 1. The fraction of sp³-hybridized carbons (Fsp3) is 0.188. The number of hydrogen-bond acceptors (Lipinski definition) is 4. The van der Waals surface area contributed by atoms with Crippen LogP contribution < -0.4 is 4.74 Å². The molecule has 6 heteroatoms. The van der Waals surface area contributed by atoms with Crippen LogP contribution in [0, 0.1) is 6.92 Å². The number of carboxylic acid groups (broad SMARTS) is 1. The van der Waals surface area contributed by atoms with Gasteiger partial charge in [-0.2, -0.15) is 5.10 Å². The number of fused-ring (bicyclic) bond motifs is 1. The quantitative estimate of drug-likeness (QED) is 0.801. The number of carbonyl (C=O) groups is 1. The first-order chi connectivity index (χ1) is 10.6. The molecule has 22 heavy (non-hydrogen) atoms. The number of aryl methyl sites for hydroxylation is 1. The van der Waals surface area contributed by atoms with Gasteiger partial charge in [-0.05, 0) is 26.0 Å². The second-order valence-electron chi connectivity index (χ2n) is 4.91. The smallest absolute Gasteiger partial charge is 0.338 e. The molecule has 2 heterocycles. The third kappa shape index (κ3) is 2.50. The molecule has 6 nitrogen and oxygen atoms in total. The molecule has 1 N–H and O–H groups in total. The van der Waals surface area contributed by atoms with Gasteiger partial charge in [0.2, 0.25) is 0 Å². The second-order valence-corrected chi connectivity index (χ2v) is 4.91. The van der Waals surface area contributed by atoms with Crippen LogP contribution in [0.1, 0.15) is 22.8 Å². The second kappa shape index (κ2) is 5.48. The Kier molecular flexibility index (Phi) is 3.50. The van der Waals surface area contributed by atoms with Crippen LogP contribution in [0.3, 0.4) is 0 Å². The van der Waals surface area contributed by atoms with Crippen molar-refractivity contribution in [1.82, 2.24) is 14.6 Å². The van der Waals surface area contributed by atoms with Gasteiger partial charge in [0, 0.05) is 24.0 Å². The highest BCUT2D eigenvalue weighted by Crippen LogP contribution is 2.30. The van der Waals surface area contributed by atoms with Gasteiger partial charge in [0.05, 0.1) is 17.9 Å². The third-order valence-electron chi connectivity index (χ3n) is 3.27. The van der Waals surface area contributed by atoms with E-state index in [1.165, 1.54) is 16.9 Å². The molecule has 0 unspecified atom stereocenters. The molecule has 0 fully saturated rings. The maximum Gasteiger partial charge on any atom is 0.338 e. The fourth-order valence-electron chi connectivity index (χ4n) is 2.24. The van der Waals surface area contributed by atoms with Crippen molar-refractivity contribution < 1.29 is 14.6 Å². The molecule has 0 aliphatic carbocycles. The van der Waals surface area contributed by atoms with Crippen molar-refractivity contribution in [3.8, 4) is 17.0 Å². The SMILES string of the molecule is CCOc1ccc(C)cc1-c1cc2ncc(C(=O)O)cn2n1. The summed E-state index contributed by atoms with van der Waals surface area (Å²) in [5.41, 5.74) is 3.33. The van der Waals surface area contributed by atoms with Crippen molar-refractivity contribution >= 4 is 11.6 Å². The molecule has 1 aromatic carbocycles. The lowest BCUT2D eigenvalue weighted by Crippen LogP contribution is -2.01. The highest BCUT2D eigenvalue weighted by atomic mass is 16.5. The van der Waals surface area contributed by atoms with E-state index in [2.05, 4.69) is 10.1 Å². The van der Waals surface area contributed by atoms with Crippen molar-refractivity contribution in [2.45, 2.75) is 13.8 Å². The lowest BCUT2D eigenvalue weighted by atomic mass is 10.1. The molecule has 112 valence electrons. The average Bonchev–Trinajstić information content (AvgIpc) is 2.92. The Balaban J connectivity index is 2.14. The summed E-state index contributed by atoms with van der Waals surface area (Å²) in [7, 11) is 0. The largest absolute Gasteiger partial charge is 0.493 e. The zero-order valence-corrected chi connectivity index (χ0v) is 12.3. The van der Waals surface area contributed by atoms with Crippen LogP contribution in [0.15, 0.2) is 36.7 Å². The lowest BCUT2D eigenvalue weighted by Gasteiger charge is -2.08. The first-order valence-corrected chi connectivity index (χ1v) is 6.91. The Labute approximate surface area is 127 Å². The summed E-state index contributed by atoms with van der Waals surface area (Å²) >= 11 is 0. The van der Waals surface area contributed by atoms with E-state index in [1.807, 2.05) is 38.1 Å². The van der Waals surface area contributed by atoms with Crippen molar-refractivity contribution in [3.05, 3.63) is 47.8 Å². The third-order valence-corrected chi connectivity index (χ3v) is 3.27. The Morgan fingerprint density at radius 3 is 2.91 bits per heavy atom. The van der Waals surface area contributed by atoms with E-state index in [1.54, 1.807) is 0 Å². The summed E-state index contributed by atoms with van der Waals surface area (Å²) < 4.78 is 7.11. The number of aromatic carboxylic acids is 1. The van der Waals surface area contributed by atoms with Gasteiger partial charge in [0.15, 0.2) is 5.65 Å². The molecular weight excluding hydrogens is 282 g/mol. The van der Waals surface area contributed by atoms with Crippen LogP contribution in [-0.4, -0.2) is 32.3 Å². The Bertz CT molecular complexity index is 855. The van der Waals surface area contributed by atoms with Gasteiger partial charge >= 0.3 is 5.97 Å². The Morgan fingerprint density at radius 1 is 1.36 bits per heavy atom. The minimum atomic E-state index is -1.03. The number of benzene rings is 1. The van der Waals surface area contributed by atoms with Gasteiger partial charge in [0.1, 0.15) is 5.75 Å². The number of carboxylic acids is 1. The Morgan fingerprint density at radius 2 is 2.18 bits per heavy atom. The van der Waals surface area contributed by atoms with Gasteiger partial charge in [-0.15, -0.1) is 0 Å². The number of hydrogen-bond donors (Lipinski definition) is 1. The van der Waals surface area contributed by atoms with Crippen LogP contribution in [0.25, 0.3) is 16.9 Å². The first-order valence-electron chi connectivity index (χ1n) is 6.91. The fourth-order valence-corrected chi connectivity index (χ4v) is 2.24. The van der Waals surface area contributed by atoms with Crippen LogP contribution in [0.5, 0.6) is 5.75 Å². The van der Waals surface area contributed by atoms with Crippen molar-refractivity contribution in [1.29, 1.82) is 0 Å². The van der Waals surface area contributed by atoms with E-state index in [9.17, 15) is 4.79 Å². The van der Waals surface area contributed by atoms with Crippen LogP contribution in [0.2, 0.25) is 0 Å². The number of nitrogens with zero attached hydrogens (tertiary/aromatic N) is 3. The van der Waals surface area contributed by atoms with Gasteiger partial charge in [-0.3, -0.25) is 0 Å². The molecule has 0 radical (unpaired) electrons. The van der Waals surface area contributed by atoms with Crippen LogP contribution in [0.4, 0.5) is 0 Å². The van der Waals surface area contributed by atoms with Crippen molar-refractivity contribution in [3.63, 3.8) is 0 Å². The van der Waals surface area contributed by atoms with E-state index in [0.717, 1.165) is 16.9 Å². The molecule has 0 amide bonds. The zero-order chi connectivity index (χ0) is 15.7. The maximum absolute atomic E-state index is 11.0. The Hall–Kier alpha value is -2.89. The summed E-state index contributed by atoms with van der Waals surface area (Å²) in [6.45, 7) is 4.48. The summed E-state index contributed by atoms with van der Waals surface area (Å²) in [6, 6.07) is 7.69. The van der Waals surface area contributed by atoms with Gasteiger partial charge in [0.25, 0.3) is 0 Å². The van der Waals surface area contributed by atoms with Crippen molar-refractivity contribution in [2.75, 3.05) is 6.61 Å². The molecule has 0 saturated heterocycles. The minimum Gasteiger partial charge on any atom is -0.493 e. The summed E-state index contributed by atoms with van der Waals surface area (Å²) in [6.07, 6.45) is 2.77.